The largest absolute Gasteiger partial charge is 0.343 e. The van der Waals surface area contributed by atoms with Gasteiger partial charge in [-0.25, -0.2) is 0 Å². The molecule has 0 radical (unpaired) electrons. The zero-order chi connectivity index (χ0) is 15.2. The quantitative estimate of drug-likeness (QED) is 0.926. The Morgan fingerprint density at radius 3 is 2.29 bits per heavy atom. The zero-order valence-electron chi connectivity index (χ0n) is 12.9. The molecule has 4 nitrogen and oxygen atoms in total. The molecule has 1 fully saturated rings. The number of likely N-dealkylation sites (tertiary alicyclic amines) is 1. The molecule has 0 aliphatic carbocycles. The van der Waals surface area contributed by atoms with Crippen molar-refractivity contribution in [2.75, 3.05) is 18.4 Å². The van der Waals surface area contributed by atoms with Gasteiger partial charge < -0.3 is 10.2 Å². The van der Waals surface area contributed by atoms with Gasteiger partial charge in [0.1, 0.15) is 0 Å². The Bertz CT molecular complexity index is 488. The topological polar surface area (TPSA) is 49.4 Å². The van der Waals surface area contributed by atoms with Gasteiger partial charge in [-0.05, 0) is 37.0 Å². The van der Waals surface area contributed by atoms with Crippen LogP contribution in [0, 0.1) is 5.92 Å². The number of anilines is 1. The Morgan fingerprint density at radius 1 is 1.14 bits per heavy atom. The number of amides is 2. The van der Waals surface area contributed by atoms with E-state index in [2.05, 4.69) is 12.2 Å². The van der Waals surface area contributed by atoms with E-state index in [0.29, 0.717) is 19.5 Å². The fourth-order valence-corrected chi connectivity index (χ4v) is 2.68. The molecule has 1 aliphatic rings. The van der Waals surface area contributed by atoms with E-state index < -0.39 is 0 Å². The van der Waals surface area contributed by atoms with Gasteiger partial charge in [0.05, 0.1) is 0 Å². The number of hydrogen-bond donors (Lipinski definition) is 1. The smallest absolute Gasteiger partial charge is 0.227 e. The highest BCUT2D eigenvalue weighted by atomic mass is 16.2. The lowest BCUT2D eigenvalue weighted by molar-refractivity contribution is -0.134. The molecule has 1 heterocycles. The number of nitrogens with one attached hydrogen (secondary N) is 1. The Kier molecular flexibility index (Phi) is 5.37. The van der Waals surface area contributed by atoms with Crippen molar-refractivity contribution in [1.82, 2.24) is 4.90 Å². The summed E-state index contributed by atoms with van der Waals surface area (Å²) in [6.45, 7) is 5.37. The van der Waals surface area contributed by atoms with Gasteiger partial charge >= 0.3 is 0 Å². The standard InChI is InChI=1S/C17H24N2O2/c1-3-13-5-7-15(8-6-13)18-17(21)14-9-11-19(12-10-14)16(20)4-2/h5-8,14H,3-4,9-12H2,1-2H3,(H,18,21). The normalized spacial score (nSPS) is 15.8. The third kappa shape index (κ3) is 4.06. The van der Waals surface area contributed by atoms with E-state index >= 15 is 0 Å². The predicted octanol–water partition coefficient (Wildman–Crippen LogP) is 2.84. The Balaban J connectivity index is 1.85. The highest BCUT2D eigenvalue weighted by Gasteiger charge is 2.26. The minimum absolute atomic E-state index is 0.0109. The van der Waals surface area contributed by atoms with Crippen LogP contribution < -0.4 is 5.32 Å². The Hall–Kier alpha value is -1.84. The van der Waals surface area contributed by atoms with Crippen LogP contribution in [0.4, 0.5) is 5.69 Å². The van der Waals surface area contributed by atoms with Crippen LogP contribution in [0.15, 0.2) is 24.3 Å². The van der Waals surface area contributed by atoms with Crippen molar-refractivity contribution < 1.29 is 9.59 Å². The highest BCUT2D eigenvalue weighted by Crippen LogP contribution is 2.20. The molecular formula is C17H24N2O2. The Morgan fingerprint density at radius 2 is 1.76 bits per heavy atom. The van der Waals surface area contributed by atoms with Crippen LogP contribution >= 0.6 is 0 Å². The van der Waals surface area contributed by atoms with Crippen LogP contribution in [0.25, 0.3) is 0 Å². The first-order valence-electron chi connectivity index (χ1n) is 7.81. The summed E-state index contributed by atoms with van der Waals surface area (Å²) in [5, 5.41) is 2.98. The van der Waals surface area contributed by atoms with Gasteiger partial charge in [-0.15, -0.1) is 0 Å². The maximum atomic E-state index is 12.3. The zero-order valence-corrected chi connectivity index (χ0v) is 12.9. The number of piperidine rings is 1. The van der Waals surface area contributed by atoms with Crippen LogP contribution in [-0.4, -0.2) is 29.8 Å². The van der Waals surface area contributed by atoms with Crippen LogP contribution in [0.2, 0.25) is 0 Å². The van der Waals surface area contributed by atoms with Crippen LogP contribution in [0.5, 0.6) is 0 Å². The van der Waals surface area contributed by atoms with E-state index in [9.17, 15) is 9.59 Å². The molecule has 2 amide bonds. The van der Waals surface area contributed by atoms with Crippen LogP contribution in [-0.2, 0) is 16.0 Å². The predicted molar refractivity (Wildman–Crippen MR) is 84.0 cm³/mol. The number of hydrogen-bond acceptors (Lipinski definition) is 2. The molecule has 0 bridgehead atoms. The molecule has 1 saturated heterocycles. The summed E-state index contributed by atoms with van der Waals surface area (Å²) in [5.41, 5.74) is 2.11. The first-order chi connectivity index (χ1) is 10.1. The molecule has 0 saturated carbocycles. The molecule has 21 heavy (non-hydrogen) atoms. The van der Waals surface area contributed by atoms with E-state index in [0.717, 1.165) is 24.9 Å². The lowest BCUT2D eigenvalue weighted by Gasteiger charge is -2.31. The SMILES string of the molecule is CCC(=O)N1CCC(C(=O)Nc2ccc(CC)cc2)CC1. The molecule has 4 heteroatoms. The van der Waals surface area contributed by atoms with Gasteiger partial charge in [-0.1, -0.05) is 26.0 Å². The third-order valence-electron chi connectivity index (χ3n) is 4.15. The number of aryl methyl sites for hydroxylation is 1. The molecule has 114 valence electrons. The van der Waals surface area contributed by atoms with Crippen molar-refractivity contribution in [1.29, 1.82) is 0 Å². The Labute approximate surface area is 126 Å². The van der Waals surface area contributed by atoms with Gasteiger partial charge in [0.2, 0.25) is 11.8 Å². The summed E-state index contributed by atoms with van der Waals surface area (Å²) >= 11 is 0. The molecule has 0 aromatic heterocycles. The average molecular weight is 288 g/mol. The third-order valence-corrected chi connectivity index (χ3v) is 4.15. The van der Waals surface area contributed by atoms with Crippen molar-refractivity contribution in [3.05, 3.63) is 29.8 Å². The highest BCUT2D eigenvalue weighted by molar-refractivity contribution is 5.92. The van der Waals surface area contributed by atoms with E-state index in [1.807, 2.05) is 36.1 Å². The first-order valence-corrected chi connectivity index (χ1v) is 7.81. The van der Waals surface area contributed by atoms with Gasteiger partial charge in [0.15, 0.2) is 0 Å². The summed E-state index contributed by atoms with van der Waals surface area (Å²) in [7, 11) is 0. The summed E-state index contributed by atoms with van der Waals surface area (Å²) in [6, 6.07) is 7.98. The van der Waals surface area contributed by atoms with Crippen molar-refractivity contribution in [3.8, 4) is 0 Å². The lowest BCUT2D eigenvalue weighted by atomic mass is 9.95. The van der Waals surface area contributed by atoms with Crippen molar-refractivity contribution in [3.63, 3.8) is 0 Å². The fraction of sp³-hybridized carbons (Fsp3) is 0.529. The van der Waals surface area contributed by atoms with E-state index in [-0.39, 0.29) is 17.7 Å². The maximum absolute atomic E-state index is 12.3. The monoisotopic (exact) mass is 288 g/mol. The fourth-order valence-electron chi connectivity index (χ4n) is 2.68. The number of benzene rings is 1. The number of carbonyl (C=O) groups is 2. The van der Waals surface area contributed by atoms with Gasteiger partial charge in [0.25, 0.3) is 0 Å². The molecule has 1 aromatic rings. The molecule has 2 rings (SSSR count). The summed E-state index contributed by atoms with van der Waals surface area (Å²) in [6.07, 6.45) is 3.05. The van der Waals surface area contributed by atoms with Gasteiger partial charge in [0, 0.05) is 31.1 Å². The number of rotatable bonds is 4. The first kappa shape index (κ1) is 15.5. The summed E-state index contributed by atoms with van der Waals surface area (Å²) in [4.78, 5) is 25.7. The number of nitrogens with zero attached hydrogens (tertiary/aromatic N) is 1. The van der Waals surface area contributed by atoms with Crippen LogP contribution in [0.1, 0.15) is 38.7 Å². The molecule has 1 N–H and O–H groups in total. The summed E-state index contributed by atoms with van der Waals surface area (Å²) in [5.74, 6) is 0.267. The van der Waals surface area contributed by atoms with E-state index in [1.165, 1.54) is 5.56 Å². The van der Waals surface area contributed by atoms with Crippen molar-refractivity contribution in [2.45, 2.75) is 39.5 Å². The second kappa shape index (κ2) is 7.25. The van der Waals surface area contributed by atoms with Crippen molar-refractivity contribution in [2.24, 2.45) is 5.92 Å². The number of carbonyl (C=O) groups excluding carboxylic acids is 2. The maximum Gasteiger partial charge on any atom is 0.227 e. The molecule has 0 spiro atoms. The molecule has 1 aliphatic heterocycles. The van der Waals surface area contributed by atoms with Crippen molar-refractivity contribution >= 4 is 17.5 Å². The average Bonchev–Trinajstić information content (AvgIpc) is 2.55. The molecule has 1 aromatic carbocycles. The summed E-state index contributed by atoms with van der Waals surface area (Å²) < 4.78 is 0. The van der Waals surface area contributed by atoms with Crippen LogP contribution in [0.3, 0.4) is 0 Å². The van der Waals surface area contributed by atoms with Gasteiger partial charge in [-0.3, -0.25) is 9.59 Å². The second-order valence-electron chi connectivity index (χ2n) is 5.55. The van der Waals surface area contributed by atoms with E-state index in [4.69, 9.17) is 0 Å². The second-order valence-corrected chi connectivity index (χ2v) is 5.55. The molecular weight excluding hydrogens is 264 g/mol. The van der Waals surface area contributed by atoms with Gasteiger partial charge in [-0.2, -0.15) is 0 Å². The molecule has 0 atom stereocenters. The minimum atomic E-state index is 0.0109. The lowest BCUT2D eigenvalue weighted by Crippen LogP contribution is -2.41. The van der Waals surface area contributed by atoms with E-state index in [1.54, 1.807) is 0 Å². The minimum Gasteiger partial charge on any atom is -0.343 e. The molecule has 0 unspecified atom stereocenters.